The Labute approximate surface area is 147 Å². The molecule has 1 saturated carbocycles. The highest BCUT2D eigenvalue weighted by atomic mass is 19.1. The fourth-order valence-electron chi connectivity index (χ4n) is 2.91. The Morgan fingerprint density at radius 1 is 1.32 bits per heavy atom. The van der Waals surface area contributed by atoms with Crippen LogP contribution in [0.15, 0.2) is 24.3 Å². The van der Waals surface area contributed by atoms with E-state index in [0.717, 1.165) is 25.3 Å². The maximum Gasteiger partial charge on any atom is 0.331 e. The number of carbonyl (C=O) groups excluding carboxylic acids is 2. The van der Waals surface area contributed by atoms with Crippen molar-refractivity contribution < 1.29 is 23.5 Å². The van der Waals surface area contributed by atoms with Gasteiger partial charge in [-0.2, -0.15) is 0 Å². The maximum absolute atomic E-state index is 13.6. The largest absolute Gasteiger partial charge is 0.494 e. The third-order valence-corrected chi connectivity index (χ3v) is 4.39. The van der Waals surface area contributed by atoms with Gasteiger partial charge in [0.05, 0.1) is 7.11 Å². The zero-order valence-electron chi connectivity index (χ0n) is 14.6. The van der Waals surface area contributed by atoms with Crippen LogP contribution in [0.25, 0.3) is 6.08 Å². The number of carbonyl (C=O) groups is 2. The van der Waals surface area contributed by atoms with Crippen LogP contribution < -0.4 is 10.1 Å². The average Bonchev–Trinajstić information content (AvgIpc) is 2.60. The van der Waals surface area contributed by atoms with E-state index in [0.29, 0.717) is 11.5 Å². The van der Waals surface area contributed by atoms with Crippen molar-refractivity contribution in [2.24, 2.45) is 5.92 Å². The van der Waals surface area contributed by atoms with E-state index in [9.17, 15) is 14.0 Å². The highest BCUT2D eigenvalue weighted by Gasteiger charge is 2.22. The van der Waals surface area contributed by atoms with Crippen LogP contribution in [-0.4, -0.2) is 31.6 Å². The number of hydrogen-bond acceptors (Lipinski definition) is 4. The third-order valence-electron chi connectivity index (χ3n) is 4.39. The number of hydrogen-bond donors (Lipinski definition) is 1. The zero-order valence-corrected chi connectivity index (χ0v) is 14.6. The molecule has 136 valence electrons. The molecule has 0 unspecified atom stereocenters. The van der Waals surface area contributed by atoms with Gasteiger partial charge in [0.1, 0.15) is 0 Å². The Morgan fingerprint density at radius 3 is 2.76 bits per heavy atom. The second-order valence-electron chi connectivity index (χ2n) is 6.27. The molecular formula is C19H24FNO4. The first kappa shape index (κ1) is 19.0. The van der Waals surface area contributed by atoms with Crippen LogP contribution >= 0.6 is 0 Å². The summed E-state index contributed by atoms with van der Waals surface area (Å²) >= 11 is 0. The second kappa shape index (κ2) is 9.20. The van der Waals surface area contributed by atoms with Crippen LogP contribution in [0.4, 0.5) is 4.39 Å². The lowest BCUT2D eigenvalue weighted by molar-refractivity contribution is -0.144. The molecule has 1 N–H and O–H groups in total. The van der Waals surface area contributed by atoms with E-state index in [1.54, 1.807) is 6.07 Å². The average molecular weight is 349 g/mol. The van der Waals surface area contributed by atoms with Gasteiger partial charge < -0.3 is 14.8 Å². The van der Waals surface area contributed by atoms with Crippen LogP contribution in [0, 0.1) is 11.7 Å². The van der Waals surface area contributed by atoms with Gasteiger partial charge in [0, 0.05) is 12.1 Å². The highest BCUT2D eigenvalue weighted by Crippen LogP contribution is 2.23. The molecule has 1 aliphatic rings. The highest BCUT2D eigenvalue weighted by molar-refractivity contribution is 5.89. The van der Waals surface area contributed by atoms with E-state index in [4.69, 9.17) is 9.47 Å². The Hall–Kier alpha value is -2.37. The molecule has 1 aromatic carbocycles. The summed E-state index contributed by atoms with van der Waals surface area (Å²) in [6, 6.07) is 4.49. The predicted molar refractivity (Wildman–Crippen MR) is 92.5 cm³/mol. The fraction of sp³-hybridized carbons (Fsp3) is 0.474. The molecule has 1 aliphatic carbocycles. The standard InChI is InChI=1S/C19H24FNO4/c1-13-5-3-4-6-16(13)21-18(22)12-25-19(23)10-8-14-7-9-17(24-2)15(20)11-14/h7-11,13,16H,3-6,12H2,1-2H3,(H,21,22)/b10-8+/t13-,16-/m0/s1. The summed E-state index contributed by atoms with van der Waals surface area (Å²) in [7, 11) is 1.38. The lowest BCUT2D eigenvalue weighted by Gasteiger charge is -2.29. The summed E-state index contributed by atoms with van der Waals surface area (Å²) in [5.41, 5.74) is 0.496. The Balaban J connectivity index is 1.77. The van der Waals surface area contributed by atoms with E-state index in [1.165, 1.54) is 31.7 Å². The minimum absolute atomic E-state index is 0.133. The van der Waals surface area contributed by atoms with Crippen LogP contribution in [0.3, 0.4) is 0 Å². The SMILES string of the molecule is COc1ccc(/C=C/C(=O)OCC(=O)N[C@H]2CCCC[C@@H]2C)cc1F. The van der Waals surface area contributed by atoms with Gasteiger partial charge in [0.15, 0.2) is 18.2 Å². The van der Waals surface area contributed by atoms with Gasteiger partial charge in [-0.1, -0.05) is 25.8 Å². The molecule has 0 heterocycles. The molecule has 0 spiro atoms. The number of amides is 1. The molecule has 0 aromatic heterocycles. The van der Waals surface area contributed by atoms with Crippen molar-refractivity contribution in [3.8, 4) is 5.75 Å². The smallest absolute Gasteiger partial charge is 0.331 e. The summed E-state index contributed by atoms with van der Waals surface area (Å²) in [5, 5.41) is 2.91. The van der Waals surface area contributed by atoms with Gasteiger partial charge >= 0.3 is 5.97 Å². The van der Waals surface area contributed by atoms with Crippen molar-refractivity contribution in [3.63, 3.8) is 0 Å². The molecule has 5 nitrogen and oxygen atoms in total. The van der Waals surface area contributed by atoms with E-state index in [-0.39, 0.29) is 24.3 Å². The Kier molecular flexibility index (Phi) is 6.98. The van der Waals surface area contributed by atoms with Crippen LogP contribution in [0.2, 0.25) is 0 Å². The molecule has 2 rings (SSSR count). The maximum atomic E-state index is 13.6. The zero-order chi connectivity index (χ0) is 18.2. The molecule has 1 fully saturated rings. The fourth-order valence-corrected chi connectivity index (χ4v) is 2.91. The molecule has 0 bridgehead atoms. The first-order valence-corrected chi connectivity index (χ1v) is 8.47. The first-order valence-electron chi connectivity index (χ1n) is 8.47. The quantitative estimate of drug-likeness (QED) is 0.633. The van der Waals surface area contributed by atoms with E-state index in [2.05, 4.69) is 12.2 Å². The number of methoxy groups -OCH3 is 1. The van der Waals surface area contributed by atoms with Crippen molar-refractivity contribution in [2.75, 3.05) is 13.7 Å². The number of benzene rings is 1. The molecular weight excluding hydrogens is 325 g/mol. The lowest BCUT2D eigenvalue weighted by Crippen LogP contribution is -2.42. The van der Waals surface area contributed by atoms with Gasteiger partial charge in [-0.25, -0.2) is 9.18 Å². The van der Waals surface area contributed by atoms with Crippen LogP contribution in [-0.2, 0) is 14.3 Å². The van der Waals surface area contributed by atoms with Gasteiger partial charge in [0.25, 0.3) is 5.91 Å². The summed E-state index contributed by atoms with van der Waals surface area (Å²) < 4.78 is 23.3. The molecule has 6 heteroatoms. The van der Waals surface area contributed by atoms with Gasteiger partial charge in [-0.05, 0) is 42.5 Å². The number of halogens is 1. The number of nitrogens with one attached hydrogen (secondary N) is 1. The second-order valence-corrected chi connectivity index (χ2v) is 6.27. The molecule has 1 amide bonds. The number of ether oxygens (including phenoxy) is 2. The molecule has 2 atom stereocenters. The number of rotatable bonds is 6. The number of esters is 1. The summed E-state index contributed by atoms with van der Waals surface area (Å²) in [6.07, 6.45) is 6.95. The minimum atomic E-state index is -0.650. The summed E-state index contributed by atoms with van der Waals surface area (Å²) in [6.45, 7) is 1.80. The normalized spacial score (nSPS) is 20.3. The molecule has 0 aliphatic heterocycles. The van der Waals surface area contributed by atoms with E-state index >= 15 is 0 Å². The third kappa shape index (κ3) is 5.89. The first-order chi connectivity index (χ1) is 12.0. The molecule has 0 saturated heterocycles. The Bertz CT molecular complexity index is 644. The topological polar surface area (TPSA) is 64.6 Å². The van der Waals surface area contributed by atoms with Crippen molar-refractivity contribution in [3.05, 3.63) is 35.7 Å². The van der Waals surface area contributed by atoms with Gasteiger partial charge in [-0.3, -0.25) is 4.79 Å². The van der Waals surface area contributed by atoms with Gasteiger partial charge in [0.2, 0.25) is 0 Å². The van der Waals surface area contributed by atoms with Crippen LogP contribution in [0.1, 0.15) is 38.2 Å². The van der Waals surface area contributed by atoms with Crippen molar-refractivity contribution in [1.82, 2.24) is 5.32 Å². The van der Waals surface area contributed by atoms with Gasteiger partial charge in [-0.15, -0.1) is 0 Å². The summed E-state index contributed by atoms with van der Waals surface area (Å²) in [4.78, 5) is 23.6. The predicted octanol–water partition coefficient (Wildman–Crippen LogP) is 3.09. The minimum Gasteiger partial charge on any atom is -0.494 e. The van der Waals surface area contributed by atoms with Crippen LogP contribution in [0.5, 0.6) is 5.75 Å². The molecule has 25 heavy (non-hydrogen) atoms. The Morgan fingerprint density at radius 2 is 2.08 bits per heavy atom. The van der Waals surface area contributed by atoms with Crippen molar-refractivity contribution in [1.29, 1.82) is 0 Å². The molecule has 1 aromatic rings. The van der Waals surface area contributed by atoms with Crippen molar-refractivity contribution in [2.45, 2.75) is 38.6 Å². The van der Waals surface area contributed by atoms with E-state index in [1.807, 2.05) is 0 Å². The monoisotopic (exact) mass is 349 g/mol. The molecule has 0 radical (unpaired) electrons. The summed E-state index contributed by atoms with van der Waals surface area (Å²) in [5.74, 6) is -0.885. The van der Waals surface area contributed by atoms with Crippen molar-refractivity contribution >= 4 is 18.0 Å². The van der Waals surface area contributed by atoms with E-state index < -0.39 is 11.8 Å². The lowest BCUT2D eigenvalue weighted by atomic mass is 9.86.